The van der Waals surface area contributed by atoms with Crippen molar-refractivity contribution in [2.75, 3.05) is 14.2 Å². The van der Waals surface area contributed by atoms with Crippen LogP contribution in [0.1, 0.15) is 66.0 Å². The fourth-order valence-corrected chi connectivity index (χ4v) is 4.18. The molecule has 0 aliphatic heterocycles. The molecule has 0 unspecified atom stereocenters. The molecule has 0 bridgehead atoms. The summed E-state index contributed by atoms with van der Waals surface area (Å²) in [6, 6.07) is 27.7. The molecule has 36 heavy (non-hydrogen) atoms. The summed E-state index contributed by atoms with van der Waals surface area (Å²) in [7, 11) is 3.38. The number of ether oxygens (including phenoxy) is 2. The van der Waals surface area contributed by atoms with E-state index in [1.165, 1.54) is 11.1 Å². The van der Waals surface area contributed by atoms with Crippen molar-refractivity contribution in [3.8, 4) is 11.5 Å². The van der Waals surface area contributed by atoms with Gasteiger partial charge in [-0.25, -0.2) is 0 Å². The van der Waals surface area contributed by atoms with Gasteiger partial charge < -0.3 is 9.47 Å². The van der Waals surface area contributed by atoms with Crippen molar-refractivity contribution in [3.05, 3.63) is 107 Å². The summed E-state index contributed by atoms with van der Waals surface area (Å²) in [5.74, 6) is 1.89. The average Bonchev–Trinajstić information content (AvgIpc) is 2.92. The molecule has 0 amide bonds. The minimum absolute atomic E-state index is 0.00145. The zero-order valence-electron chi connectivity index (χ0n) is 21.9. The largest absolute Gasteiger partial charge is 0.497 e. The van der Waals surface area contributed by atoms with Crippen LogP contribution in [0.4, 0.5) is 0 Å². The molecule has 0 saturated heterocycles. The summed E-state index contributed by atoms with van der Waals surface area (Å²) in [4.78, 5) is 22.4. The number of Topliss-reactive ketones (excluding diaryl/α,β-unsaturated/α-hetero) is 2. The molecule has 0 fully saturated rings. The molecule has 0 N–H and O–H groups in total. The lowest BCUT2D eigenvalue weighted by atomic mass is 9.74. The van der Waals surface area contributed by atoms with Crippen LogP contribution in [0, 0.1) is 0 Å². The van der Waals surface area contributed by atoms with E-state index in [2.05, 4.69) is 38.1 Å². The Balaban J connectivity index is 0.000000205. The van der Waals surface area contributed by atoms with Crippen molar-refractivity contribution < 1.29 is 19.1 Å². The summed E-state index contributed by atoms with van der Waals surface area (Å²) in [6.45, 7) is 7.58. The normalized spacial score (nSPS) is 10.8. The zero-order valence-corrected chi connectivity index (χ0v) is 21.9. The lowest BCUT2D eigenvalue weighted by Crippen LogP contribution is -2.22. The topological polar surface area (TPSA) is 52.6 Å². The number of rotatable bonds is 7. The average molecular weight is 483 g/mol. The highest BCUT2D eigenvalue weighted by molar-refractivity contribution is 6.01. The van der Waals surface area contributed by atoms with Crippen molar-refractivity contribution >= 4 is 22.3 Å². The van der Waals surface area contributed by atoms with Crippen molar-refractivity contribution in [3.63, 3.8) is 0 Å². The van der Waals surface area contributed by atoms with Crippen molar-refractivity contribution in [2.45, 2.75) is 39.5 Å². The van der Waals surface area contributed by atoms with Crippen molar-refractivity contribution in [1.29, 1.82) is 0 Å². The second-order valence-corrected chi connectivity index (χ2v) is 9.03. The molecule has 4 aromatic rings. The van der Waals surface area contributed by atoms with Gasteiger partial charge in [0, 0.05) is 16.5 Å². The highest BCUT2D eigenvalue weighted by Gasteiger charge is 2.26. The molecule has 4 heteroatoms. The maximum atomic E-state index is 11.2. The monoisotopic (exact) mass is 482 g/mol. The highest BCUT2D eigenvalue weighted by Crippen LogP contribution is 2.36. The van der Waals surface area contributed by atoms with Crippen LogP contribution in [0.3, 0.4) is 0 Å². The van der Waals surface area contributed by atoms with E-state index in [0.717, 1.165) is 28.7 Å². The Morgan fingerprint density at radius 1 is 0.639 bits per heavy atom. The van der Waals surface area contributed by atoms with Crippen LogP contribution in [0.5, 0.6) is 11.5 Å². The molecule has 0 heterocycles. The predicted octanol–water partition coefficient (Wildman–Crippen LogP) is 7.66. The quantitative estimate of drug-likeness (QED) is 0.254. The van der Waals surface area contributed by atoms with Crippen LogP contribution in [0.15, 0.2) is 84.9 Å². The maximum Gasteiger partial charge on any atom is 0.159 e. The van der Waals surface area contributed by atoms with E-state index in [1.807, 2.05) is 48.5 Å². The first-order valence-corrected chi connectivity index (χ1v) is 12.1. The minimum Gasteiger partial charge on any atom is -0.497 e. The van der Waals surface area contributed by atoms with E-state index in [1.54, 1.807) is 40.2 Å². The van der Waals surface area contributed by atoms with Crippen LogP contribution >= 0.6 is 0 Å². The Morgan fingerprint density at radius 2 is 1.00 bits per heavy atom. The number of hydrogen-bond donors (Lipinski definition) is 0. The van der Waals surface area contributed by atoms with Gasteiger partial charge in [0.25, 0.3) is 0 Å². The van der Waals surface area contributed by atoms with Gasteiger partial charge in [0.2, 0.25) is 0 Å². The predicted molar refractivity (Wildman–Crippen MR) is 147 cm³/mol. The molecule has 4 aromatic carbocycles. The smallest absolute Gasteiger partial charge is 0.159 e. The molecule has 0 saturated carbocycles. The molecular formula is C32H34O4. The third kappa shape index (κ3) is 6.01. The SMILES string of the molecule is CC(=O)c1ccc2cc(C(C)=O)ccc2c1.CCC(C)(c1ccc(OC)cc1)c1ccc(OC)cc1. The molecule has 0 atom stereocenters. The number of carbonyl (C=O) groups is 2. The Hall–Kier alpha value is -3.92. The van der Waals surface area contributed by atoms with Gasteiger partial charge in [-0.05, 0) is 78.6 Å². The van der Waals surface area contributed by atoms with Crippen LogP contribution in [0.25, 0.3) is 10.8 Å². The maximum absolute atomic E-state index is 11.2. The third-order valence-electron chi connectivity index (χ3n) is 6.81. The molecule has 186 valence electrons. The fourth-order valence-electron chi connectivity index (χ4n) is 4.18. The van der Waals surface area contributed by atoms with Crippen LogP contribution in [-0.2, 0) is 5.41 Å². The van der Waals surface area contributed by atoms with E-state index in [9.17, 15) is 9.59 Å². The summed E-state index contributed by atoms with van der Waals surface area (Å²) in [5, 5.41) is 1.97. The summed E-state index contributed by atoms with van der Waals surface area (Å²) in [5.41, 5.74) is 3.99. The first-order valence-electron chi connectivity index (χ1n) is 12.1. The molecular weight excluding hydrogens is 448 g/mol. The van der Waals surface area contributed by atoms with Gasteiger partial charge in [-0.15, -0.1) is 0 Å². The van der Waals surface area contributed by atoms with Gasteiger partial charge in [0.1, 0.15) is 11.5 Å². The van der Waals surface area contributed by atoms with Crippen LogP contribution in [0.2, 0.25) is 0 Å². The second-order valence-electron chi connectivity index (χ2n) is 9.03. The molecule has 0 aromatic heterocycles. The lowest BCUT2D eigenvalue weighted by molar-refractivity contribution is 0.100. The Morgan fingerprint density at radius 3 is 1.28 bits per heavy atom. The van der Waals surface area contributed by atoms with Crippen molar-refractivity contribution in [1.82, 2.24) is 0 Å². The number of methoxy groups -OCH3 is 2. The summed E-state index contributed by atoms with van der Waals surface area (Å²) in [6.07, 6.45) is 1.03. The van der Waals surface area contributed by atoms with E-state index < -0.39 is 0 Å². The lowest BCUT2D eigenvalue weighted by Gasteiger charge is -2.30. The zero-order chi connectivity index (χ0) is 26.3. The summed E-state index contributed by atoms with van der Waals surface area (Å²) >= 11 is 0. The highest BCUT2D eigenvalue weighted by atomic mass is 16.5. The molecule has 0 aliphatic carbocycles. The Bertz CT molecular complexity index is 1230. The van der Waals surface area contributed by atoms with Crippen LogP contribution in [-0.4, -0.2) is 25.8 Å². The molecule has 0 spiro atoms. The van der Waals surface area contributed by atoms with E-state index in [0.29, 0.717) is 11.1 Å². The first kappa shape index (κ1) is 26.7. The first-order chi connectivity index (χ1) is 17.2. The van der Waals surface area contributed by atoms with Gasteiger partial charge in [0.15, 0.2) is 11.6 Å². The fraction of sp³-hybridized carbons (Fsp3) is 0.250. The summed E-state index contributed by atoms with van der Waals surface area (Å²) < 4.78 is 10.5. The van der Waals surface area contributed by atoms with Gasteiger partial charge in [-0.3, -0.25) is 9.59 Å². The van der Waals surface area contributed by atoms with Gasteiger partial charge in [-0.2, -0.15) is 0 Å². The number of fused-ring (bicyclic) bond motifs is 1. The number of benzene rings is 4. The Kier molecular flexibility index (Phi) is 8.65. The third-order valence-corrected chi connectivity index (χ3v) is 6.81. The van der Waals surface area contributed by atoms with Gasteiger partial charge in [0.05, 0.1) is 14.2 Å². The van der Waals surface area contributed by atoms with E-state index in [-0.39, 0.29) is 17.0 Å². The molecule has 4 nitrogen and oxygen atoms in total. The van der Waals surface area contributed by atoms with E-state index >= 15 is 0 Å². The molecule has 0 radical (unpaired) electrons. The standard InChI is InChI=1S/C18H22O2.C14H12O2/c1-5-18(2,14-6-10-16(19-3)11-7-14)15-8-12-17(20-4)13-9-15;1-9(15)11-3-5-14-8-12(10(2)16)4-6-13(14)7-11/h6-13H,5H2,1-4H3;3-8H,1-2H3. The van der Waals surface area contributed by atoms with Crippen LogP contribution < -0.4 is 9.47 Å². The van der Waals surface area contributed by atoms with Gasteiger partial charge in [-0.1, -0.05) is 62.4 Å². The number of carbonyl (C=O) groups excluding carboxylic acids is 2. The minimum atomic E-state index is -0.00145. The molecule has 4 rings (SSSR count). The Labute approximate surface area is 213 Å². The number of hydrogen-bond acceptors (Lipinski definition) is 4. The number of ketones is 2. The van der Waals surface area contributed by atoms with Gasteiger partial charge >= 0.3 is 0 Å². The van der Waals surface area contributed by atoms with Crippen molar-refractivity contribution in [2.24, 2.45) is 0 Å². The molecule has 0 aliphatic rings. The van der Waals surface area contributed by atoms with E-state index in [4.69, 9.17) is 9.47 Å². The second kappa shape index (κ2) is 11.7.